The van der Waals surface area contributed by atoms with Crippen molar-refractivity contribution in [3.05, 3.63) is 59.7 Å². The summed E-state index contributed by atoms with van der Waals surface area (Å²) < 4.78 is 20.9. The second-order valence-electron chi connectivity index (χ2n) is 6.54. The van der Waals surface area contributed by atoms with E-state index in [1.165, 1.54) is 26.4 Å². The quantitative estimate of drug-likeness (QED) is 0.304. The molecule has 0 saturated carbocycles. The number of carbonyl (C=O) groups is 3. The summed E-state index contributed by atoms with van der Waals surface area (Å²) >= 11 is 0. The summed E-state index contributed by atoms with van der Waals surface area (Å²) in [6.07, 6.45) is 6.60. The fourth-order valence-electron chi connectivity index (χ4n) is 2.55. The third kappa shape index (κ3) is 7.12. The molecule has 168 valence electrons. The monoisotopic (exact) mass is 438 g/mol. The van der Waals surface area contributed by atoms with Gasteiger partial charge in [-0.3, -0.25) is 14.4 Å². The van der Waals surface area contributed by atoms with Gasteiger partial charge in [-0.1, -0.05) is 38.1 Å². The second-order valence-corrected chi connectivity index (χ2v) is 6.54. The van der Waals surface area contributed by atoms with Crippen molar-refractivity contribution >= 4 is 29.9 Å². The molecule has 2 aromatic rings. The van der Waals surface area contributed by atoms with Gasteiger partial charge in [-0.05, 0) is 47.5 Å². The summed E-state index contributed by atoms with van der Waals surface area (Å²) in [6, 6.07) is 10.0. The minimum atomic E-state index is -0.361. The Labute approximate surface area is 187 Å². The maximum absolute atomic E-state index is 12.2. The summed E-state index contributed by atoms with van der Waals surface area (Å²) in [7, 11) is 2.95. The van der Waals surface area contributed by atoms with Crippen molar-refractivity contribution in [2.24, 2.45) is 0 Å². The lowest BCUT2D eigenvalue weighted by atomic mass is 10.1. The van der Waals surface area contributed by atoms with Crippen molar-refractivity contribution in [3.8, 4) is 23.0 Å². The Morgan fingerprint density at radius 1 is 0.688 bits per heavy atom. The molecule has 7 heteroatoms. The first-order valence-corrected chi connectivity index (χ1v) is 10.1. The number of ether oxygens (including phenoxy) is 4. The van der Waals surface area contributed by atoms with Crippen LogP contribution in [0.3, 0.4) is 0 Å². The summed E-state index contributed by atoms with van der Waals surface area (Å²) in [5, 5.41) is 0. The van der Waals surface area contributed by atoms with Crippen LogP contribution in [0.4, 0.5) is 0 Å². The number of allylic oxidation sites excluding steroid dienone is 2. The van der Waals surface area contributed by atoms with E-state index in [2.05, 4.69) is 0 Å². The number of ketones is 1. The summed E-state index contributed by atoms with van der Waals surface area (Å²) in [4.78, 5) is 35.2. The summed E-state index contributed by atoms with van der Waals surface area (Å²) in [6.45, 7) is 3.41. The molecule has 0 N–H and O–H groups in total. The van der Waals surface area contributed by atoms with E-state index in [9.17, 15) is 14.4 Å². The predicted molar refractivity (Wildman–Crippen MR) is 121 cm³/mol. The van der Waals surface area contributed by atoms with Crippen molar-refractivity contribution in [1.29, 1.82) is 0 Å². The smallest absolute Gasteiger partial charge is 0.311 e. The zero-order valence-electron chi connectivity index (χ0n) is 18.5. The van der Waals surface area contributed by atoms with Crippen LogP contribution >= 0.6 is 0 Å². The fraction of sp³-hybridized carbons (Fsp3) is 0.240. The van der Waals surface area contributed by atoms with Crippen LogP contribution in [-0.4, -0.2) is 31.9 Å². The molecular formula is C25H26O7. The van der Waals surface area contributed by atoms with Crippen LogP contribution in [0.15, 0.2) is 48.6 Å². The minimum Gasteiger partial charge on any atom is -0.493 e. The van der Waals surface area contributed by atoms with Crippen LogP contribution in [0.1, 0.15) is 37.8 Å². The highest BCUT2D eigenvalue weighted by molar-refractivity contribution is 6.04. The summed E-state index contributed by atoms with van der Waals surface area (Å²) in [5.41, 5.74) is 1.42. The Morgan fingerprint density at radius 3 is 1.44 bits per heavy atom. The van der Waals surface area contributed by atoms with Crippen molar-refractivity contribution < 1.29 is 33.3 Å². The lowest BCUT2D eigenvalue weighted by molar-refractivity contribution is -0.135. The maximum atomic E-state index is 12.2. The molecular weight excluding hydrogens is 412 g/mol. The van der Waals surface area contributed by atoms with E-state index in [0.29, 0.717) is 34.1 Å². The Balaban J connectivity index is 2.08. The van der Waals surface area contributed by atoms with Crippen LogP contribution in [-0.2, 0) is 14.4 Å². The predicted octanol–water partition coefficient (Wildman–Crippen LogP) is 4.63. The highest BCUT2D eigenvalue weighted by atomic mass is 16.6. The average molecular weight is 438 g/mol. The molecule has 0 radical (unpaired) electrons. The first kappa shape index (κ1) is 24.4. The third-order valence-corrected chi connectivity index (χ3v) is 4.28. The van der Waals surface area contributed by atoms with Gasteiger partial charge in [-0.2, -0.15) is 0 Å². The van der Waals surface area contributed by atoms with E-state index in [0.717, 1.165) is 0 Å². The molecule has 0 heterocycles. The Hall–Kier alpha value is -3.87. The van der Waals surface area contributed by atoms with Crippen molar-refractivity contribution in [3.63, 3.8) is 0 Å². The lowest BCUT2D eigenvalue weighted by Gasteiger charge is -2.09. The molecule has 2 aromatic carbocycles. The van der Waals surface area contributed by atoms with E-state index >= 15 is 0 Å². The van der Waals surface area contributed by atoms with E-state index in [1.54, 1.807) is 62.4 Å². The molecule has 0 fully saturated rings. The van der Waals surface area contributed by atoms with Gasteiger partial charge < -0.3 is 18.9 Å². The standard InChI is InChI=1S/C25H26O7/c1-5-24(27)31-20-13-9-17(15-22(20)29-3)7-11-19(26)12-8-18-10-14-21(23(16-18)30-4)32-25(28)6-2/h7-16H,5-6H2,1-4H3/b11-7+,12-8+. The number of esters is 2. The molecule has 0 saturated heterocycles. The van der Waals surface area contributed by atoms with Gasteiger partial charge in [0, 0.05) is 12.8 Å². The third-order valence-electron chi connectivity index (χ3n) is 4.28. The molecule has 0 atom stereocenters. The van der Waals surface area contributed by atoms with Crippen LogP contribution in [0.2, 0.25) is 0 Å². The number of benzene rings is 2. The van der Waals surface area contributed by atoms with Gasteiger partial charge in [0.15, 0.2) is 28.8 Å². The molecule has 0 aromatic heterocycles. The molecule has 32 heavy (non-hydrogen) atoms. The molecule has 0 aliphatic rings. The van der Waals surface area contributed by atoms with Crippen LogP contribution in [0, 0.1) is 0 Å². The number of hydrogen-bond donors (Lipinski definition) is 0. The zero-order chi connectivity index (χ0) is 23.5. The zero-order valence-corrected chi connectivity index (χ0v) is 18.5. The molecule has 0 spiro atoms. The Bertz CT molecular complexity index is 953. The minimum absolute atomic E-state index is 0.231. The van der Waals surface area contributed by atoms with Crippen LogP contribution in [0.25, 0.3) is 12.2 Å². The number of methoxy groups -OCH3 is 2. The Morgan fingerprint density at radius 2 is 1.09 bits per heavy atom. The topological polar surface area (TPSA) is 88.1 Å². The highest BCUT2D eigenvalue weighted by Gasteiger charge is 2.10. The first-order chi connectivity index (χ1) is 15.4. The van der Waals surface area contributed by atoms with Crippen LogP contribution in [0.5, 0.6) is 23.0 Å². The molecule has 0 aliphatic heterocycles. The van der Waals surface area contributed by atoms with Gasteiger partial charge in [0.2, 0.25) is 0 Å². The van der Waals surface area contributed by atoms with Gasteiger partial charge in [0.25, 0.3) is 0 Å². The normalized spacial score (nSPS) is 10.9. The maximum Gasteiger partial charge on any atom is 0.311 e. The Kier molecular flexibility index (Phi) is 9.22. The molecule has 0 amide bonds. The largest absolute Gasteiger partial charge is 0.493 e. The van der Waals surface area contributed by atoms with E-state index in [-0.39, 0.29) is 30.6 Å². The average Bonchev–Trinajstić information content (AvgIpc) is 2.82. The van der Waals surface area contributed by atoms with Crippen molar-refractivity contribution in [1.82, 2.24) is 0 Å². The van der Waals surface area contributed by atoms with E-state index < -0.39 is 0 Å². The van der Waals surface area contributed by atoms with Gasteiger partial charge in [0.1, 0.15) is 0 Å². The molecule has 0 bridgehead atoms. The van der Waals surface area contributed by atoms with E-state index in [1.807, 2.05) is 0 Å². The van der Waals surface area contributed by atoms with E-state index in [4.69, 9.17) is 18.9 Å². The number of rotatable bonds is 10. The number of hydrogen-bond acceptors (Lipinski definition) is 7. The molecule has 7 nitrogen and oxygen atoms in total. The van der Waals surface area contributed by atoms with Gasteiger partial charge >= 0.3 is 11.9 Å². The fourth-order valence-corrected chi connectivity index (χ4v) is 2.55. The number of carbonyl (C=O) groups excluding carboxylic acids is 3. The molecule has 2 rings (SSSR count). The van der Waals surface area contributed by atoms with Crippen molar-refractivity contribution in [2.45, 2.75) is 26.7 Å². The molecule has 0 unspecified atom stereocenters. The van der Waals surface area contributed by atoms with Crippen molar-refractivity contribution in [2.75, 3.05) is 14.2 Å². The van der Waals surface area contributed by atoms with Gasteiger partial charge in [-0.15, -0.1) is 0 Å². The SMILES string of the molecule is CCC(=O)Oc1ccc(/C=C/C(=O)/C=C/c2ccc(OC(=O)CC)c(OC)c2)cc1OC. The highest BCUT2D eigenvalue weighted by Crippen LogP contribution is 2.30. The van der Waals surface area contributed by atoms with Crippen LogP contribution < -0.4 is 18.9 Å². The lowest BCUT2D eigenvalue weighted by Crippen LogP contribution is -2.06. The molecule has 0 aliphatic carbocycles. The first-order valence-electron chi connectivity index (χ1n) is 10.1. The van der Waals surface area contributed by atoms with Gasteiger partial charge in [-0.25, -0.2) is 0 Å². The van der Waals surface area contributed by atoms with Gasteiger partial charge in [0.05, 0.1) is 14.2 Å². The summed E-state index contributed by atoms with van der Waals surface area (Å²) in [5.74, 6) is 0.487. The second kappa shape index (κ2) is 12.1.